The molecule has 0 aromatic carbocycles. The third-order valence-electron chi connectivity index (χ3n) is 3.69. The second-order valence-corrected chi connectivity index (χ2v) is 5.81. The normalized spacial score (nSPS) is 13.2. The van der Waals surface area contributed by atoms with Crippen molar-refractivity contribution in [3.8, 4) is 0 Å². The highest BCUT2D eigenvalue weighted by Crippen LogP contribution is 2.23. The number of aromatic nitrogens is 2. The Morgan fingerprint density at radius 3 is 2.68 bits per heavy atom. The van der Waals surface area contributed by atoms with E-state index < -0.39 is 24.4 Å². The standard InChI is InChI=1S/C17H18N4O4/c1-21-8-2-3-13(21)16(23)20-15(22)10-25-17(24)11-4-7-14(18-9-11)19-12-5-6-12/h2-4,7-9,12H,5-6,10H2,1H3,(H,18,19)(H,20,22,23). The van der Waals surface area contributed by atoms with Crippen LogP contribution < -0.4 is 10.6 Å². The van der Waals surface area contributed by atoms with Crippen molar-refractivity contribution in [2.75, 3.05) is 11.9 Å². The summed E-state index contributed by atoms with van der Waals surface area (Å²) in [6.07, 6.45) is 5.33. The van der Waals surface area contributed by atoms with Crippen molar-refractivity contribution < 1.29 is 19.1 Å². The number of amides is 2. The summed E-state index contributed by atoms with van der Waals surface area (Å²) < 4.78 is 6.48. The number of anilines is 1. The molecule has 25 heavy (non-hydrogen) atoms. The predicted molar refractivity (Wildman–Crippen MR) is 89.1 cm³/mol. The molecule has 1 saturated carbocycles. The number of hydrogen-bond acceptors (Lipinski definition) is 6. The van der Waals surface area contributed by atoms with E-state index in [1.165, 1.54) is 6.20 Å². The fourth-order valence-electron chi connectivity index (χ4n) is 2.17. The van der Waals surface area contributed by atoms with Crippen LogP contribution in [0.2, 0.25) is 0 Å². The number of pyridine rings is 1. The minimum absolute atomic E-state index is 0.239. The first kappa shape index (κ1) is 16.7. The SMILES string of the molecule is Cn1cccc1C(=O)NC(=O)COC(=O)c1ccc(NC2CC2)nc1. The average molecular weight is 342 g/mol. The fraction of sp³-hybridized carbons (Fsp3) is 0.294. The third kappa shape index (κ3) is 4.43. The lowest BCUT2D eigenvalue weighted by atomic mass is 10.3. The predicted octanol–water partition coefficient (Wildman–Crippen LogP) is 1.11. The molecular formula is C17H18N4O4. The van der Waals surface area contributed by atoms with Crippen molar-refractivity contribution in [2.45, 2.75) is 18.9 Å². The summed E-state index contributed by atoms with van der Waals surface area (Å²) in [7, 11) is 1.69. The Morgan fingerprint density at radius 1 is 1.28 bits per heavy atom. The molecule has 1 aliphatic carbocycles. The Hall–Kier alpha value is -3.16. The smallest absolute Gasteiger partial charge is 0.340 e. The van der Waals surface area contributed by atoms with Crippen molar-refractivity contribution in [3.05, 3.63) is 47.9 Å². The van der Waals surface area contributed by atoms with Gasteiger partial charge in [0.05, 0.1) is 5.56 Å². The Bertz CT molecular complexity index is 793. The lowest BCUT2D eigenvalue weighted by Gasteiger charge is -2.07. The van der Waals surface area contributed by atoms with Gasteiger partial charge in [0.15, 0.2) is 6.61 Å². The lowest BCUT2D eigenvalue weighted by molar-refractivity contribution is -0.123. The number of imide groups is 1. The molecule has 1 fully saturated rings. The molecule has 0 radical (unpaired) electrons. The van der Waals surface area contributed by atoms with Crippen molar-refractivity contribution in [1.29, 1.82) is 0 Å². The molecule has 8 heteroatoms. The first-order valence-electron chi connectivity index (χ1n) is 7.88. The minimum atomic E-state index is -0.695. The number of hydrogen-bond donors (Lipinski definition) is 2. The first-order chi connectivity index (χ1) is 12.0. The van der Waals surface area contributed by atoms with Gasteiger partial charge in [-0.3, -0.25) is 14.9 Å². The van der Waals surface area contributed by atoms with Crippen LogP contribution in [0.1, 0.15) is 33.7 Å². The minimum Gasteiger partial charge on any atom is -0.452 e. The number of nitrogens with one attached hydrogen (secondary N) is 2. The molecule has 1 aliphatic rings. The molecule has 2 aromatic rings. The molecule has 0 bridgehead atoms. The maximum Gasteiger partial charge on any atom is 0.340 e. The summed E-state index contributed by atoms with van der Waals surface area (Å²) >= 11 is 0. The Balaban J connectivity index is 1.47. The van der Waals surface area contributed by atoms with Crippen LogP contribution in [-0.4, -0.2) is 40.0 Å². The van der Waals surface area contributed by atoms with Crippen LogP contribution in [0.3, 0.4) is 0 Å². The van der Waals surface area contributed by atoms with Crippen LogP contribution in [0.5, 0.6) is 0 Å². The number of carbonyl (C=O) groups is 3. The van der Waals surface area contributed by atoms with Crippen LogP contribution >= 0.6 is 0 Å². The lowest BCUT2D eigenvalue weighted by Crippen LogP contribution is -2.35. The van der Waals surface area contributed by atoms with E-state index in [0.717, 1.165) is 12.8 Å². The highest BCUT2D eigenvalue weighted by atomic mass is 16.5. The highest BCUT2D eigenvalue weighted by Gasteiger charge is 2.21. The first-order valence-corrected chi connectivity index (χ1v) is 7.88. The average Bonchev–Trinajstić information content (AvgIpc) is 3.30. The number of ether oxygens (including phenoxy) is 1. The molecular weight excluding hydrogens is 324 g/mol. The third-order valence-corrected chi connectivity index (χ3v) is 3.69. The molecule has 2 heterocycles. The summed E-state index contributed by atoms with van der Waals surface area (Å²) in [6, 6.07) is 7.00. The topological polar surface area (TPSA) is 102 Å². The molecule has 0 unspecified atom stereocenters. The van der Waals surface area contributed by atoms with Crippen molar-refractivity contribution in [1.82, 2.24) is 14.9 Å². The summed E-state index contributed by atoms with van der Waals surface area (Å²) in [5.41, 5.74) is 0.575. The van der Waals surface area contributed by atoms with Crippen LogP contribution in [0, 0.1) is 0 Å². The zero-order valence-electron chi connectivity index (χ0n) is 13.7. The second-order valence-electron chi connectivity index (χ2n) is 5.81. The second kappa shape index (κ2) is 7.16. The number of carbonyl (C=O) groups excluding carboxylic acids is 3. The molecule has 0 spiro atoms. The van der Waals surface area contributed by atoms with E-state index >= 15 is 0 Å². The number of rotatable bonds is 6. The van der Waals surface area contributed by atoms with Gasteiger partial charge in [0, 0.05) is 25.5 Å². The van der Waals surface area contributed by atoms with Crippen LogP contribution in [0.4, 0.5) is 5.82 Å². The monoisotopic (exact) mass is 342 g/mol. The van der Waals surface area contributed by atoms with E-state index in [4.69, 9.17) is 4.74 Å². The van der Waals surface area contributed by atoms with Crippen LogP contribution in [0.25, 0.3) is 0 Å². The van der Waals surface area contributed by atoms with E-state index in [1.807, 2.05) is 0 Å². The highest BCUT2D eigenvalue weighted by molar-refractivity contribution is 6.04. The van der Waals surface area contributed by atoms with Gasteiger partial charge in [0.2, 0.25) is 0 Å². The van der Waals surface area contributed by atoms with Gasteiger partial charge in [-0.2, -0.15) is 0 Å². The maximum atomic E-state index is 11.9. The van der Waals surface area contributed by atoms with E-state index in [0.29, 0.717) is 17.6 Å². The summed E-state index contributed by atoms with van der Waals surface area (Å²) in [5.74, 6) is -1.22. The largest absolute Gasteiger partial charge is 0.452 e. The molecule has 0 aliphatic heterocycles. The molecule has 130 valence electrons. The van der Waals surface area contributed by atoms with Crippen LogP contribution in [-0.2, 0) is 16.6 Å². The summed E-state index contributed by atoms with van der Waals surface area (Å²) in [6.45, 7) is -0.545. The van der Waals surface area contributed by atoms with E-state index in [1.54, 1.807) is 42.1 Å². The Kier molecular flexibility index (Phi) is 4.78. The maximum absolute atomic E-state index is 11.9. The van der Waals surface area contributed by atoms with E-state index in [-0.39, 0.29) is 5.56 Å². The van der Waals surface area contributed by atoms with Gasteiger partial charge >= 0.3 is 5.97 Å². The van der Waals surface area contributed by atoms with Gasteiger partial charge < -0.3 is 14.6 Å². The van der Waals surface area contributed by atoms with Crippen LogP contribution in [0.15, 0.2) is 36.7 Å². The van der Waals surface area contributed by atoms with Gasteiger partial charge in [-0.25, -0.2) is 9.78 Å². The quantitative estimate of drug-likeness (QED) is 0.763. The summed E-state index contributed by atoms with van der Waals surface area (Å²) in [5, 5.41) is 5.37. The van der Waals surface area contributed by atoms with Gasteiger partial charge in [-0.05, 0) is 37.1 Å². The van der Waals surface area contributed by atoms with Crippen molar-refractivity contribution in [3.63, 3.8) is 0 Å². The Labute approximate surface area is 144 Å². The van der Waals surface area contributed by atoms with Gasteiger partial charge in [-0.1, -0.05) is 0 Å². The van der Waals surface area contributed by atoms with E-state index in [9.17, 15) is 14.4 Å². The number of nitrogens with zero attached hydrogens (tertiary/aromatic N) is 2. The zero-order valence-corrected chi connectivity index (χ0v) is 13.7. The molecule has 0 saturated heterocycles. The number of aryl methyl sites for hydroxylation is 1. The van der Waals surface area contributed by atoms with E-state index in [2.05, 4.69) is 15.6 Å². The Morgan fingerprint density at radius 2 is 2.08 bits per heavy atom. The molecule has 3 rings (SSSR count). The molecule has 2 N–H and O–H groups in total. The van der Waals surface area contributed by atoms with Gasteiger partial charge in [0.25, 0.3) is 11.8 Å². The number of esters is 1. The fourth-order valence-corrected chi connectivity index (χ4v) is 2.17. The zero-order chi connectivity index (χ0) is 17.8. The molecule has 2 aromatic heterocycles. The van der Waals surface area contributed by atoms with Crippen molar-refractivity contribution in [2.24, 2.45) is 7.05 Å². The van der Waals surface area contributed by atoms with Crippen molar-refractivity contribution >= 4 is 23.6 Å². The molecule has 8 nitrogen and oxygen atoms in total. The van der Waals surface area contributed by atoms with Gasteiger partial charge in [-0.15, -0.1) is 0 Å². The van der Waals surface area contributed by atoms with Gasteiger partial charge in [0.1, 0.15) is 11.5 Å². The summed E-state index contributed by atoms with van der Waals surface area (Å²) in [4.78, 5) is 39.6. The molecule has 2 amide bonds. The molecule has 0 atom stereocenters.